The number of ether oxygens (including phenoxy) is 2. The van der Waals surface area contributed by atoms with Crippen LogP contribution in [0.15, 0.2) is 11.6 Å². The van der Waals surface area contributed by atoms with Gasteiger partial charge in [0.1, 0.15) is 0 Å². The van der Waals surface area contributed by atoms with Crippen LogP contribution >= 0.6 is 0 Å². The minimum absolute atomic E-state index is 0.00859. The van der Waals surface area contributed by atoms with Gasteiger partial charge in [0, 0.05) is 23.2 Å². The van der Waals surface area contributed by atoms with E-state index in [1.807, 2.05) is 20.8 Å². The van der Waals surface area contributed by atoms with Crippen molar-refractivity contribution in [2.75, 3.05) is 7.11 Å². The molecule has 10 atom stereocenters. The van der Waals surface area contributed by atoms with Crippen LogP contribution in [-0.4, -0.2) is 52.9 Å². The molecule has 0 radical (unpaired) electrons. The van der Waals surface area contributed by atoms with Gasteiger partial charge in [-0.3, -0.25) is 9.59 Å². The second kappa shape index (κ2) is 9.24. The zero-order valence-electron chi connectivity index (χ0n) is 24.7. The van der Waals surface area contributed by atoms with Gasteiger partial charge in [-0.25, -0.2) is 4.79 Å². The van der Waals surface area contributed by atoms with E-state index in [0.29, 0.717) is 12.8 Å². The lowest BCUT2D eigenvalue weighted by atomic mass is 9.37. The molecule has 38 heavy (non-hydrogen) atoms. The maximum absolute atomic E-state index is 13.2. The number of rotatable bonds is 7. The number of carbonyl (C=O) groups is 3. The number of aliphatic hydroxyl groups is 2. The number of aliphatic hydroxyl groups excluding tert-OH is 1. The summed E-state index contributed by atoms with van der Waals surface area (Å²) in [4.78, 5) is 38.1. The van der Waals surface area contributed by atoms with Crippen molar-refractivity contribution in [1.82, 2.24) is 0 Å². The molecular weight excluding hydrogens is 484 g/mol. The second-order valence-electron chi connectivity index (χ2n) is 14.5. The Balaban J connectivity index is 1.71. The zero-order valence-corrected chi connectivity index (χ0v) is 24.7. The van der Waals surface area contributed by atoms with E-state index in [4.69, 9.17) is 9.47 Å². The summed E-state index contributed by atoms with van der Waals surface area (Å²) in [6, 6.07) is 0. The predicted octanol–water partition coefficient (Wildman–Crippen LogP) is 4.62. The summed E-state index contributed by atoms with van der Waals surface area (Å²) in [5.74, 6) is -1.66. The molecular formula is C31H48O7. The molecule has 7 nitrogen and oxygen atoms in total. The number of hydrogen-bond donors (Lipinski definition) is 2. The largest absolute Gasteiger partial charge is 0.463 e. The first-order valence-electron chi connectivity index (χ1n) is 14.2. The molecule has 0 aromatic rings. The van der Waals surface area contributed by atoms with Gasteiger partial charge in [-0.05, 0) is 87.5 Å². The highest BCUT2D eigenvalue weighted by atomic mass is 16.6. The molecule has 1 saturated heterocycles. The number of ketones is 2. The Labute approximate surface area is 227 Å². The van der Waals surface area contributed by atoms with Crippen molar-refractivity contribution >= 4 is 17.5 Å². The second-order valence-corrected chi connectivity index (χ2v) is 14.5. The van der Waals surface area contributed by atoms with Crippen molar-refractivity contribution in [3.8, 4) is 0 Å². The Bertz CT molecular complexity index is 1040. The molecule has 3 aliphatic carbocycles. The minimum atomic E-state index is -1.14. The molecule has 214 valence electrons. The van der Waals surface area contributed by atoms with Gasteiger partial charge in [-0.15, -0.1) is 0 Å². The van der Waals surface area contributed by atoms with Crippen molar-refractivity contribution < 1.29 is 34.1 Å². The third-order valence-electron chi connectivity index (χ3n) is 11.9. The average molecular weight is 533 g/mol. The van der Waals surface area contributed by atoms with Gasteiger partial charge < -0.3 is 19.7 Å². The number of hydrogen-bond acceptors (Lipinski definition) is 7. The summed E-state index contributed by atoms with van der Waals surface area (Å²) in [7, 11) is 1.22. The van der Waals surface area contributed by atoms with Crippen LogP contribution in [0.5, 0.6) is 0 Å². The van der Waals surface area contributed by atoms with Crippen molar-refractivity contribution in [3.05, 3.63) is 11.6 Å². The van der Waals surface area contributed by atoms with E-state index in [1.165, 1.54) is 7.11 Å². The summed E-state index contributed by atoms with van der Waals surface area (Å²) in [6.07, 6.45) is 4.38. The fourth-order valence-corrected chi connectivity index (χ4v) is 10.1. The normalized spacial score (nSPS) is 43.4. The lowest BCUT2D eigenvalue weighted by Crippen LogP contribution is -2.65. The van der Waals surface area contributed by atoms with E-state index in [2.05, 4.69) is 13.8 Å². The number of fused-ring (bicyclic) bond motifs is 2. The van der Waals surface area contributed by atoms with Crippen LogP contribution in [-0.2, 0) is 23.9 Å². The first kappa shape index (κ1) is 29.4. The van der Waals surface area contributed by atoms with E-state index in [1.54, 1.807) is 26.8 Å². The molecule has 1 aliphatic heterocycles. The summed E-state index contributed by atoms with van der Waals surface area (Å²) in [5.41, 5.74) is -2.29. The van der Waals surface area contributed by atoms with Crippen LogP contribution in [0, 0.1) is 45.3 Å². The fourth-order valence-electron chi connectivity index (χ4n) is 10.1. The molecule has 4 fully saturated rings. The number of carbonyl (C=O) groups excluding carboxylic acids is 3. The molecule has 0 amide bonds. The van der Waals surface area contributed by atoms with Crippen LogP contribution in [0.1, 0.15) is 93.9 Å². The lowest BCUT2D eigenvalue weighted by Gasteiger charge is -2.66. The van der Waals surface area contributed by atoms with Gasteiger partial charge in [0.05, 0.1) is 18.8 Å². The quantitative estimate of drug-likeness (QED) is 0.280. The first-order valence-corrected chi connectivity index (χ1v) is 14.2. The molecule has 7 heteroatoms. The van der Waals surface area contributed by atoms with Gasteiger partial charge in [-0.2, -0.15) is 0 Å². The Morgan fingerprint density at radius 3 is 2.24 bits per heavy atom. The highest BCUT2D eigenvalue weighted by molar-refractivity contribution is 6.35. The molecule has 0 unspecified atom stereocenters. The number of allylic oxidation sites excluding steroid dienone is 2. The van der Waals surface area contributed by atoms with Gasteiger partial charge in [0.2, 0.25) is 5.78 Å². The van der Waals surface area contributed by atoms with E-state index in [0.717, 1.165) is 24.8 Å². The number of esters is 1. The number of Topliss-reactive ketones (excluding diaryl/α,β-unsaturated/α-hetero) is 1. The lowest BCUT2D eigenvalue weighted by molar-refractivity contribution is -0.202. The Morgan fingerprint density at radius 1 is 1.05 bits per heavy atom. The van der Waals surface area contributed by atoms with Gasteiger partial charge >= 0.3 is 5.97 Å². The molecule has 1 heterocycles. The first-order chi connectivity index (χ1) is 17.4. The summed E-state index contributed by atoms with van der Waals surface area (Å²) < 4.78 is 11.1. The molecule has 4 aliphatic rings. The van der Waals surface area contributed by atoms with Crippen LogP contribution in [0.2, 0.25) is 0 Å². The maximum atomic E-state index is 13.2. The third-order valence-corrected chi connectivity index (χ3v) is 11.9. The standard InChI is InChI=1S/C31H48O7/c1-17(2)14-18(32)16-30(7,36)19-10-12-28(5)20(19)15-21-23-29(28,6)13-11-22(31(23,8)26(35)38-21)27(3,4)24(33)25(34)37-9/h14,19-23,26,35-36H,10-13,15-16H2,1-9H3/t19-,20+,21+,22-,23-,26+,28+,29+,30+,31-/m0/s1. The Kier molecular flexibility index (Phi) is 7.15. The topological polar surface area (TPSA) is 110 Å². The van der Waals surface area contributed by atoms with Crippen LogP contribution < -0.4 is 0 Å². The molecule has 0 bridgehead atoms. The highest BCUT2D eigenvalue weighted by Gasteiger charge is 2.75. The Morgan fingerprint density at radius 2 is 1.66 bits per heavy atom. The predicted molar refractivity (Wildman–Crippen MR) is 143 cm³/mol. The van der Waals surface area contributed by atoms with Gasteiger partial charge in [0.15, 0.2) is 12.1 Å². The monoisotopic (exact) mass is 532 g/mol. The average Bonchev–Trinajstić information content (AvgIpc) is 3.28. The van der Waals surface area contributed by atoms with Crippen molar-refractivity contribution in [2.24, 2.45) is 45.3 Å². The van der Waals surface area contributed by atoms with Gasteiger partial charge in [-0.1, -0.05) is 40.2 Å². The molecule has 0 spiro atoms. The van der Waals surface area contributed by atoms with Crippen molar-refractivity contribution in [2.45, 2.75) is 112 Å². The zero-order chi connectivity index (χ0) is 28.6. The summed E-state index contributed by atoms with van der Waals surface area (Å²) in [5, 5.41) is 23.1. The summed E-state index contributed by atoms with van der Waals surface area (Å²) in [6.45, 7) is 15.9. The van der Waals surface area contributed by atoms with Crippen molar-refractivity contribution in [1.29, 1.82) is 0 Å². The van der Waals surface area contributed by atoms with Crippen LogP contribution in [0.3, 0.4) is 0 Å². The minimum Gasteiger partial charge on any atom is -0.463 e. The molecule has 4 rings (SSSR count). The molecule has 3 saturated carbocycles. The third kappa shape index (κ3) is 3.97. The number of methoxy groups -OCH3 is 1. The van der Waals surface area contributed by atoms with E-state index < -0.39 is 34.5 Å². The van der Waals surface area contributed by atoms with Gasteiger partial charge in [0.25, 0.3) is 0 Å². The molecule has 0 aromatic heterocycles. The smallest absolute Gasteiger partial charge is 0.374 e. The fraction of sp³-hybridized carbons (Fsp3) is 0.839. The SMILES string of the molecule is COC(=O)C(=O)C(C)(C)[C@@H]1CC[C@]2(C)[C@@H]3[C@@H](C[C@@H]4[C@@H]([C@](C)(O)CC(=O)C=C(C)C)CC[C@]42C)O[C@@H](O)[C@]31C. The van der Waals surface area contributed by atoms with E-state index in [9.17, 15) is 24.6 Å². The van der Waals surface area contributed by atoms with Crippen LogP contribution in [0.25, 0.3) is 0 Å². The highest BCUT2D eigenvalue weighted by Crippen LogP contribution is 2.76. The molecule has 0 aromatic carbocycles. The van der Waals surface area contributed by atoms with Crippen molar-refractivity contribution in [3.63, 3.8) is 0 Å². The summed E-state index contributed by atoms with van der Waals surface area (Å²) >= 11 is 0. The maximum Gasteiger partial charge on any atom is 0.374 e. The molecule has 2 N–H and O–H groups in total. The van der Waals surface area contributed by atoms with E-state index >= 15 is 0 Å². The Hall–Kier alpha value is -1.57. The van der Waals surface area contributed by atoms with Crippen LogP contribution in [0.4, 0.5) is 0 Å². The van der Waals surface area contributed by atoms with E-state index in [-0.39, 0.29) is 52.8 Å².